The minimum Gasteiger partial charge on any atom is -0.416 e. The first-order chi connectivity index (χ1) is 15.9. The first kappa shape index (κ1) is 26.9. The summed E-state index contributed by atoms with van der Waals surface area (Å²) in [5, 5.41) is 10.3. The van der Waals surface area contributed by atoms with Gasteiger partial charge >= 0.3 is 0 Å². The van der Waals surface area contributed by atoms with E-state index < -0.39 is 8.32 Å². The van der Waals surface area contributed by atoms with Crippen LogP contribution in [-0.2, 0) is 4.43 Å². The summed E-state index contributed by atoms with van der Waals surface area (Å²) in [4.78, 5) is 0. The minimum atomic E-state index is -1.80. The third kappa shape index (κ3) is 4.12. The van der Waals surface area contributed by atoms with Gasteiger partial charge in [-0.1, -0.05) is 74.0 Å². The van der Waals surface area contributed by atoms with Crippen molar-refractivity contribution >= 4 is 8.32 Å². The molecule has 2 unspecified atom stereocenters. The monoisotopic (exact) mass is 488 g/mol. The Morgan fingerprint density at radius 2 is 1.56 bits per heavy atom. The maximum absolute atomic E-state index is 10.3. The van der Waals surface area contributed by atoms with Crippen molar-refractivity contribution in [3.8, 4) is 0 Å². The summed E-state index contributed by atoms with van der Waals surface area (Å²) >= 11 is 0. The van der Waals surface area contributed by atoms with Crippen molar-refractivity contribution < 1.29 is 9.53 Å². The van der Waals surface area contributed by atoms with Gasteiger partial charge in [0.05, 0.1) is 6.10 Å². The van der Waals surface area contributed by atoms with E-state index in [4.69, 9.17) is 4.43 Å². The zero-order valence-electron chi connectivity index (χ0n) is 24.0. The molecule has 0 spiro atoms. The minimum absolute atomic E-state index is 0.0976. The fourth-order valence-electron chi connectivity index (χ4n) is 10.5. The highest BCUT2D eigenvalue weighted by Crippen LogP contribution is 2.67. The van der Waals surface area contributed by atoms with Gasteiger partial charge in [0.15, 0.2) is 8.32 Å². The predicted molar refractivity (Wildman–Crippen MR) is 147 cm³/mol. The van der Waals surface area contributed by atoms with E-state index in [1.54, 1.807) is 5.57 Å². The predicted octanol–water partition coefficient (Wildman–Crippen LogP) is 8.75. The summed E-state index contributed by atoms with van der Waals surface area (Å²) in [5.74, 6) is 4.04. The summed E-state index contributed by atoms with van der Waals surface area (Å²) in [6, 6.07) is 0. The van der Waals surface area contributed by atoms with Crippen LogP contribution in [0.25, 0.3) is 0 Å². The fourth-order valence-corrected chi connectivity index (χ4v) is 16.1. The second-order valence-corrected chi connectivity index (χ2v) is 20.0. The van der Waals surface area contributed by atoms with Crippen molar-refractivity contribution in [2.24, 2.45) is 40.4 Å². The van der Waals surface area contributed by atoms with Gasteiger partial charge in [-0.05, 0) is 108 Å². The van der Waals surface area contributed by atoms with Gasteiger partial charge in [-0.2, -0.15) is 0 Å². The van der Waals surface area contributed by atoms with E-state index in [1.165, 1.54) is 38.5 Å². The Morgan fingerprint density at radius 1 is 0.912 bits per heavy atom. The Labute approximate surface area is 212 Å². The summed E-state index contributed by atoms with van der Waals surface area (Å²) < 4.78 is 7.12. The van der Waals surface area contributed by atoms with Crippen LogP contribution < -0.4 is 0 Å². The van der Waals surface area contributed by atoms with E-state index in [2.05, 4.69) is 68.4 Å². The first-order valence-electron chi connectivity index (χ1n) is 14.9. The van der Waals surface area contributed by atoms with Crippen molar-refractivity contribution in [3.05, 3.63) is 11.6 Å². The molecule has 4 rings (SSSR count). The summed E-state index contributed by atoms with van der Waals surface area (Å²) in [5.41, 5.74) is 4.44. The average molecular weight is 489 g/mol. The van der Waals surface area contributed by atoms with Gasteiger partial charge in [-0.3, -0.25) is 0 Å². The number of hydrogen-bond donors (Lipinski definition) is 1. The summed E-state index contributed by atoms with van der Waals surface area (Å²) in [7, 11) is -1.80. The number of aliphatic hydroxyl groups excluding tert-OH is 1. The lowest BCUT2D eigenvalue weighted by Crippen LogP contribution is -2.51. The van der Waals surface area contributed by atoms with Gasteiger partial charge in [0.2, 0.25) is 0 Å². The van der Waals surface area contributed by atoms with Crippen LogP contribution in [0.2, 0.25) is 16.6 Å². The van der Waals surface area contributed by atoms with Gasteiger partial charge in [-0.25, -0.2) is 0 Å². The summed E-state index contributed by atoms with van der Waals surface area (Å²) in [6.07, 6.45) is 12.5. The Kier molecular flexibility index (Phi) is 7.63. The van der Waals surface area contributed by atoms with Crippen LogP contribution in [0.1, 0.15) is 114 Å². The normalized spacial score (nSPS) is 41.3. The Hall–Kier alpha value is -0.123. The highest BCUT2D eigenvalue weighted by atomic mass is 28.4. The van der Waals surface area contributed by atoms with Crippen molar-refractivity contribution in [2.45, 2.75) is 136 Å². The largest absolute Gasteiger partial charge is 0.416 e. The van der Waals surface area contributed by atoms with E-state index >= 15 is 0 Å². The van der Waals surface area contributed by atoms with E-state index in [0.717, 1.165) is 43.1 Å². The number of hydrogen-bond acceptors (Lipinski definition) is 2. The lowest BCUT2D eigenvalue weighted by Gasteiger charge is -2.58. The third-order valence-electron chi connectivity index (χ3n) is 12.1. The van der Waals surface area contributed by atoms with Gasteiger partial charge in [0.1, 0.15) is 0 Å². The molecule has 0 aromatic carbocycles. The van der Waals surface area contributed by atoms with Crippen LogP contribution in [0.15, 0.2) is 11.6 Å². The van der Waals surface area contributed by atoms with Crippen molar-refractivity contribution in [1.82, 2.24) is 0 Å². The van der Waals surface area contributed by atoms with E-state index in [9.17, 15) is 5.11 Å². The molecule has 0 saturated heterocycles. The molecule has 0 aliphatic heterocycles. The highest BCUT2D eigenvalue weighted by Gasteiger charge is 2.59. The van der Waals surface area contributed by atoms with Gasteiger partial charge in [0, 0.05) is 6.61 Å². The molecule has 0 bridgehead atoms. The van der Waals surface area contributed by atoms with E-state index in [0.29, 0.717) is 33.4 Å². The van der Waals surface area contributed by atoms with E-state index in [1.807, 2.05) is 0 Å². The Bertz CT molecular complexity index is 735. The second kappa shape index (κ2) is 9.64. The first-order valence-corrected chi connectivity index (χ1v) is 17.0. The molecule has 8 atom stereocenters. The quantitative estimate of drug-likeness (QED) is 0.287. The molecule has 196 valence electrons. The number of aliphatic hydroxyl groups is 1. The topological polar surface area (TPSA) is 29.5 Å². The zero-order chi connectivity index (χ0) is 25.1. The van der Waals surface area contributed by atoms with Crippen LogP contribution in [0.5, 0.6) is 0 Å². The van der Waals surface area contributed by atoms with Crippen LogP contribution >= 0.6 is 0 Å². The smallest absolute Gasteiger partial charge is 0.200 e. The maximum Gasteiger partial charge on any atom is 0.200 e. The summed E-state index contributed by atoms with van der Waals surface area (Å²) in [6.45, 7) is 23.2. The average Bonchev–Trinajstić information content (AvgIpc) is 3.11. The van der Waals surface area contributed by atoms with Crippen molar-refractivity contribution in [2.75, 3.05) is 6.61 Å². The molecular weight excluding hydrogens is 432 g/mol. The second-order valence-electron chi connectivity index (χ2n) is 14.5. The molecule has 0 aromatic rings. The van der Waals surface area contributed by atoms with Crippen LogP contribution in [0, 0.1) is 40.4 Å². The molecular formula is C31H56O2Si. The standard InChI is InChI=1S/C31H56O2Si/c1-20(2)34(21(3)4,22(5)6)33-19-23(7)27-12-13-28-26-11-10-24-18-25(32)14-16-30(24,8)29(26)15-17-31(27,28)9/h10,20-23,25-29,32H,11-19H2,1-9H3/t23-,25+,26?,27-,28+,29?,30+,31-/m1/s1. The highest BCUT2D eigenvalue weighted by molar-refractivity contribution is 6.77. The SMILES string of the molecule is CC(C)[Si](OC[C@@H](C)[C@H]1CC[C@H]2C3CC=C4C[C@@H](O)CC[C@]4(C)C3CC[C@]12C)(C(C)C)C(C)C. The third-order valence-corrected chi connectivity index (χ3v) is 18.2. The number of rotatable bonds is 7. The molecule has 3 fully saturated rings. The lowest BCUT2D eigenvalue weighted by molar-refractivity contribution is -0.0595. The Morgan fingerprint density at radius 3 is 2.18 bits per heavy atom. The fraction of sp³-hybridized carbons (Fsp3) is 0.935. The Balaban J connectivity index is 1.50. The van der Waals surface area contributed by atoms with Gasteiger partial charge in [-0.15, -0.1) is 0 Å². The van der Waals surface area contributed by atoms with Crippen molar-refractivity contribution in [3.63, 3.8) is 0 Å². The van der Waals surface area contributed by atoms with Gasteiger partial charge < -0.3 is 9.53 Å². The van der Waals surface area contributed by atoms with Crippen molar-refractivity contribution in [1.29, 1.82) is 0 Å². The maximum atomic E-state index is 10.3. The van der Waals surface area contributed by atoms with Crippen LogP contribution in [0.4, 0.5) is 0 Å². The molecule has 2 nitrogen and oxygen atoms in total. The number of allylic oxidation sites excluding steroid dienone is 1. The molecule has 4 aliphatic rings. The molecule has 0 amide bonds. The van der Waals surface area contributed by atoms with Crippen LogP contribution in [0.3, 0.4) is 0 Å². The van der Waals surface area contributed by atoms with E-state index in [-0.39, 0.29) is 6.10 Å². The molecule has 34 heavy (non-hydrogen) atoms. The molecule has 3 heteroatoms. The molecule has 1 N–H and O–H groups in total. The molecule has 0 heterocycles. The lowest BCUT2D eigenvalue weighted by atomic mass is 9.47. The molecule has 0 radical (unpaired) electrons. The zero-order valence-corrected chi connectivity index (χ0v) is 25.0. The molecule has 4 aliphatic carbocycles. The number of fused-ring (bicyclic) bond motifs is 5. The molecule has 0 aromatic heterocycles. The van der Waals surface area contributed by atoms with Crippen LogP contribution in [-0.4, -0.2) is 26.1 Å². The molecule has 3 saturated carbocycles. The van der Waals surface area contributed by atoms with Gasteiger partial charge in [0.25, 0.3) is 0 Å².